The second-order valence-electron chi connectivity index (χ2n) is 6.42. The monoisotopic (exact) mass is 373 g/mol. The quantitative estimate of drug-likeness (QED) is 0.646. The van der Waals surface area contributed by atoms with E-state index in [-0.39, 0.29) is 12.4 Å². The third-order valence-corrected chi connectivity index (χ3v) is 4.14. The van der Waals surface area contributed by atoms with E-state index in [0.717, 1.165) is 17.1 Å². The molecule has 0 aliphatic rings. The zero-order valence-electron chi connectivity index (χ0n) is 16.3. The standard InChI is InChI=1S/C21H27NO5/c1-15(23)16-6-5-7-20(10-16)27-14-18(24)13-22(2)12-17-8-9-19(25-3)11-21(17)26-4/h5-11,18,24H,12-14H2,1-4H3/t18-/m1/s1. The fraction of sp³-hybridized carbons (Fsp3) is 0.381. The molecule has 0 heterocycles. The maximum Gasteiger partial charge on any atom is 0.159 e. The Morgan fingerprint density at radius 2 is 1.89 bits per heavy atom. The molecule has 6 nitrogen and oxygen atoms in total. The molecule has 1 atom stereocenters. The van der Waals surface area contributed by atoms with Gasteiger partial charge in [-0.05, 0) is 32.2 Å². The fourth-order valence-corrected chi connectivity index (χ4v) is 2.75. The number of Topliss-reactive ketones (excluding diaryl/α,β-unsaturated/α-hetero) is 1. The van der Waals surface area contributed by atoms with Crippen molar-refractivity contribution in [1.29, 1.82) is 0 Å². The maximum absolute atomic E-state index is 11.4. The summed E-state index contributed by atoms with van der Waals surface area (Å²) in [4.78, 5) is 13.4. The molecule has 0 aromatic heterocycles. The first-order chi connectivity index (χ1) is 12.9. The van der Waals surface area contributed by atoms with Crippen LogP contribution in [0.1, 0.15) is 22.8 Å². The molecular weight excluding hydrogens is 346 g/mol. The van der Waals surface area contributed by atoms with Crippen molar-refractivity contribution < 1.29 is 24.1 Å². The van der Waals surface area contributed by atoms with Crippen molar-refractivity contribution in [1.82, 2.24) is 4.90 Å². The van der Waals surface area contributed by atoms with Crippen LogP contribution in [0, 0.1) is 0 Å². The summed E-state index contributed by atoms with van der Waals surface area (Å²) in [6, 6.07) is 12.6. The first-order valence-electron chi connectivity index (χ1n) is 8.74. The highest BCUT2D eigenvalue weighted by Crippen LogP contribution is 2.25. The van der Waals surface area contributed by atoms with Gasteiger partial charge in [0, 0.05) is 30.3 Å². The van der Waals surface area contributed by atoms with Crippen LogP contribution in [-0.4, -0.2) is 56.3 Å². The molecule has 0 saturated carbocycles. The molecule has 2 aromatic carbocycles. The largest absolute Gasteiger partial charge is 0.497 e. The van der Waals surface area contributed by atoms with Gasteiger partial charge in [-0.3, -0.25) is 9.69 Å². The lowest BCUT2D eigenvalue weighted by Crippen LogP contribution is -2.32. The molecule has 1 N–H and O–H groups in total. The number of hydrogen-bond donors (Lipinski definition) is 1. The smallest absolute Gasteiger partial charge is 0.159 e. The predicted molar refractivity (Wildman–Crippen MR) is 104 cm³/mol. The van der Waals surface area contributed by atoms with Crippen LogP contribution in [0.2, 0.25) is 0 Å². The number of carbonyl (C=O) groups excluding carboxylic acids is 1. The zero-order chi connectivity index (χ0) is 19.8. The molecule has 6 heteroatoms. The number of hydrogen-bond acceptors (Lipinski definition) is 6. The average molecular weight is 373 g/mol. The van der Waals surface area contributed by atoms with Gasteiger partial charge < -0.3 is 19.3 Å². The molecule has 0 fully saturated rings. The molecule has 0 bridgehead atoms. The number of carbonyl (C=O) groups is 1. The van der Waals surface area contributed by atoms with E-state index in [2.05, 4.69) is 0 Å². The SMILES string of the molecule is COc1ccc(CN(C)C[C@@H](O)COc2cccc(C(C)=O)c2)c(OC)c1. The van der Waals surface area contributed by atoms with Crippen LogP contribution >= 0.6 is 0 Å². The lowest BCUT2D eigenvalue weighted by Gasteiger charge is -2.22. The minimum Gasteiger partial charge on any atom is -0.497 e. The number of benzene rings is 2. The van der Waals surface area contributed by atoms with E-state index in [9.17, 15) is 9.90 Å². The molecule has 27 heavy (non-hydrogen) atoms. The lowest BCUT2D eigenvalue weighted by molar-refractivity contribution is 0.0741. The Morgan fingerprint density at radius 3 is 2.56 bits per heavy atom. The van der Waals surface area contributed by atoms with Gasteiger partial charge in [-0.15, -0.1) is 0 Å². The molecule has 0 spiro atoms. The van der Waals surface area contributed by atoms with Gasteiger partial charge in [-0.2, -0.15) is 0 Å². The summed E-state index contributed by atoms with van der Waals surface area (Å²) >= 11 is 0. The van der Waals surface area contributed by atoms with Crippen LogP contribution in [0.5, 0.6) is 17.2 Å². The van der Waals surface area contributed by atoms with E-state index >= 15 is 0 Å². The van der Waals surface area contributed by atoms with Crippen molar-refractivity contribution in [2.75, 3.05) is 34.4 Å². The first-order valence-corrected chi connectivity index (χ1v) is 8.74. The van der Waals surface area contributed by atoms with Gasteiger partial charge >= 0.3 is 0 Å². The average Bonchev–Trinajstić information content (AvgIpc) is 2.66. The number of nitrogens with zero attached hydrogens (tertiary/aromatic N) is 1. The van der Waals surface area contributed by atoms with E-state index in [1.807, 2.05) is 30.1 Å². The highest BCUT2D eigenvalue weighted by molar-refractivity contribution is 5.94. The normalized spacial score (nSPS) is 11.9. The number of ether oxygens (including phenoxy) is 3. The summed E-state index contributed by atoms with van der Waals surface area (Å²) in [7, 11) is 5.16. The molecule has 0 amide bonds. The number of aliphatic hydroxyl groups is 1. The second kappa shape index (κ2) is 9.94. The van der Waals surface area contributed by atoms with Gasteiger partial charge in [0.15, 0.2) is 5.78 Å². The van der Waals surface area contributed by atoms with E-state index in [1.165, 1.54) is 6.92 Å². The van der Waals surface area contributed by atoms with Crippen LogP contribution in [0.25, 0.3) is 0 Å². The molecule has 0 saturated heterocycles. The lowest BCUT2D eigenvalue weighted by atomic mass is 10.1. The Bertz CT molecular complexity index is 762. The summed E-state index contributed by atoms with van der Waals surface area (Å²) in [6.45, 7) is 2.70. The highest BCUT2D eigenvalue weighted by Gasteiger charge is 2.13. The molecule has 0 unspecified atom stereocenters. The molecule has 2 rings (SSSR count). The summed E-state index contributed by atoms with van der Waals surface area (Å²) < 4.78 is 16.2. The van der Waals surface area contributed by atoms with Crippen LogP contribution in [0.4, 0.5) is 0 Å². The topological polar surface area (TPSA) is 68.2 Å². The Balaban J connectivity index is 1.87. The zero-order valence-corrected chi connectivity index (χ0v) is 16.3. The molecule has 2 aromatic rings. The van der Waals surface area contributed by atoms with E-state index in [0.29, 0.717) is 24.4 Å². The summed E-state index contributed by atoms with van der Waals surface area (Å²) in [5.41, 5.74) is 1.59. The van der Waals surface area contributed by atoms with Gasteiger partial charge in [0.2, 0.25) is 0 Å². The van der Waals surface area contributed by atoms with Crippen LogP contribution in [0.15, 0.2) is 42.5 Å². The minimum atomic E-state index is -0.666. The van der Waals surface area contributed by atoms with Crippen molar-refractivity contribution >= 4 is 5.78 Å². The minimum absolute atomic E-state index is 0.0193. The van der Waals surface area contributed by atoms with E-state index in [4.69, 9.17) is 14.2 Å². The number of aliphatic hydroxyl groups excluding tert-OH is 1. The fourth-order valence-electron chi connectivity index (χ4n) is 2.75. The van der Waals surface area contributed by atoms with Crippen LogP contribution < -0.4 is 14.2 Å². The molecule has 146 valence electrons. The van der Waals surface area contributed by atoms with Crippen LogP contribution in [-0.2, 0) is 6.54 Å². The van der Waals surface area contributed by atoms with Gasteiger partial charge in [0.1, 0.15) is 30.0 Å². The first kappa shape index (κ1) is 20.7. The van der Waals surface area contributed by atoms with E-state index < -0.39 is 6.10 Å². The Labute approximate surface area is 160 Å². The number of methoxy groups -OCH3 is 2. The maximum atomic E-state index is 11.4. The van der Waals surface area contributed by atoms with Crippen molar-refractivity contribution in [3.63, 3.8) is 0 Å². The van der Waals surface area contributed by atoms with Crippen molar-refractivity contribution in [3.8, 4) is 17.2 Å². The van der Waals surface area contributed by atoms with Crippen molar-refractivity contribution in [3.05, 3.63) is 53.6 Å². The Kier molecular flexibility index (Phi) is 7.64. The van der Waals surface area contributed by atoms with Gasteiger partial charge in [0.25, 0.3) is 0 Å². The highest BCUT2D eigenvalue weighted by atomic mass is 16.5. The molecular formula is C21H27NO5. The Morgan fingerprint density at radius 1 is 1.11 bits per heavy atom. The Hall–Kier alpha value is -2.57. The van der Waals surface area contributed by atoms with E-state index in [1.54, 1.807) is 38.5 Å². The third-order valence-electron chi connectivity index (χ3n) is 4.14. The van der Waals surface area contributed by atoms with Crippen molar-refractivity contribution in [2.45, 2.75) is 19.6 Å². The molecule has 0 aliphatic carbocycles. The van der Waals surface area contributed by atoms with Crippen molar-refractivity contribution in [2.24, 2.45) is 0 Å². The second-order valence-corrected chi connectivity index (χ2v) is 6.42. The third kappa shape index (κ3) is 6.27. The van der Waals surface area contributed by atoms with Crippen LogP contribution in [0.3, 0.4) is 0 Å². The van der Waals surface area contributed by atoms with Gasteiger partial charge in [-0.1, -0.05) is 18.2 Å². The number of rotatable bonds is 10. The number of ketones is 1. The van der Waals surface area contributed by atoms with Gasteiger partial charge in [-0.25, -0.2) is 0 Å². The predicted octanol–water partition coefficient (Wildman–Crippen LogP) is 2.78. The summed E-state index contributed by atoms with van der Waals surface area (Å²) in [5, 5.41) is 10.3. The molecule has 0 aliphatic heterocycles. The summed E-state index contributed by atoms with van der Waals surface area (Å²) in [6.07, 6.45) is -0.666. The molecule has 0 radical (unpaired) electrons. The van der Waals surface area contributed by atoms with Gasteiger partial charge in [0.05, 0.1) is 14.2 Å². The number of likely N-dealkylation sites (N-methyl/N-ethyl adjacent to an activating group) is 1. The summed E-state index contributed by atoms with van der Waals surface area (Å²) in [5.74, 6) is 2.03.